The van der Waals surface area contributed by atoms with Crippen LogP contribution in [0.15, 0.2) is 84.9 Å². The van der Waals surface area contributed by atoms with E-state index < -0.39 is 6.04 Å². The van der Waals surface area contributed by atoms with Gasteiger partial charge in [-0.05, 0) is 35.4 Å². The molecule has 0 saturated heterocycles. The molecule has 0 fully saturated rings. The predicted octanol–water partition coefficient (Wildman–Crippen LogP) is 3.75. The second-order valence-corrected chi connectivity index (χ2v) is 6.40. The summed E-state index contributed by atoms with van der Waals surface area (Å²) in [7, 11) is 0. The van der Waals surface area contributed by atoms with Crippen molar-refractivity contribution in [2.75, 3.05) is 11.9 Å². The third kappa shape index (κ3) is 6.23. The first-order valence-corrected chi connectivity index (χ1v) is 9.15. The number of nitrogens with one attached hydrogen (secondary N) is 1. The molecular weight excluding hydrogens is 352 g/mol. The molecule has 0 unspecified atom stereocenters. The maximum atomic E-state index is 12.2. The summed E-state index contributed by atoms with van der Waals surface area (Å²) in [5.74, 6) is 0.448. The van der Waals surface area contributed by atoms with E-state index >= 15 is 0 Å². The number of benzene rings is 3. The average molecular weight is 376 g/mol. The molecule has 0 bridgehead atoms. The van der Waals surface area contributed by atoms with E-state index in [1.54, 1.807) is 12.1 Å². The zero-order valence-electron chi connectivity index (χ0n) is 15.6. The van der Waals surface area contributed by atoms with Gasteiger partial charge in [-0.2, -0.15) is 0 Å². The lowest BCUT2D eigenvalue weighted by Gasteiger charge is -2.13. The molecule has 0 radical (unpaired) electrons. The van der Waals surface area contributed by atoms with Gasteiger partial charge in [0.05, 0.1) is 13.2 Å². The Labute approximate surface area is 165 Å². The number of hydrogen-bond acceptors (Lipinski definition) is 4. The second kappa shape index (κ2) is 10.3. The minimum absolute atomic E-state index is 0.152. The molecular formula is C23H24N2O3. The molecule has 3 rings (SSSR count). The van der Waals surface area contributed by atoms with Crippen molar-refractivity contribution in [1.29, 1.82) is 0 Å². The zero-order chi connectivity index (χ0) is 19.6. The SMILES string of the molecule is N[C@@H](COCc1ccccc1)C(=O)Nc1ccc(OCc2ccccc2)cc1. The molecule has 0 saturated carbocycles. The molecule has 3 aromatic rings. The van der Waals surface area contributed by atoms with Gasteiger partial charge in [0.15, 0.2) is 0 Å². The molecule has 0 aliphatic heterocycles. The van der Waals surface area contributed by atoms with Crippen molar-refractivity contribution >= 4 is 11.6 Å². The van der Waals surface area contributed by atoms with Gasteiger partial charge < -0.3 is 20.5 Å². The van der Waals surface area contributed by atoms with Crippen molar-refractivity contribution in [2.24, 2.45) is 5.73 Å². The van der Waals surface area contributed by atoms with Crippen LogP contribution in [-0.4, -0.2) is 18.6 Å². The highest BCUT2D eigenvalue weighted by molar-refractivity contribution is 5.94. The van der Waals surface area contributed by atoms with Crippen molar-refractivity contribution in [3.63, 3.8) is 0 Å². The quantitative estimate of drug-likeness (QED) is 0.597. The number of rotatable bonds is 9. The first-order chi connectivity index (χ1) is 13.7. The summed E-state index contributed by atoms with van der Waals surface area (Å²) < 4.78 is 11.3. The number of anilines is 1. The van der Waals surface area contributed by atoms with Gasteiger partial charge in [0.25, 0.3) is 0 Å². The van der Waals surface area contributed by atoms with Gasteiger partial charge in [-0.1, -0.05) is 60.7 Å². The number of hydrogen-bond donors (Lipinski definition) is 2. The van der Waals surface area contributed by atoms with E-state index in [9.17, 15) is 4.79 Å². The molecule has 5 nitrogen and oxygen atoms in total. The smallest absolute Gasteiger partial charge is 0.243 e. The lowest BCUT2D eigenvalue weighted by Crippen LogP contribution is -2.39. The van der Waals surface area contributed by atoms with Crippen LogP contribution in [0.3, 0.4) is 0 Å². The fourth-order valence-corrected chi connectivity index (χ4v) is 2.56. The summed E-state index contributed by atoms with van der Waals surface area (Å²) >= 11 is 0. The molecule has 0 aliphatic carbocycles. The van der Waals surface area contributed by atoms with Crippen LogP contribution in [0.2, 0.25) is 0 Å². The molecule has 28 heavy (non-hydrogen) atoms. The summed E-state index contributed by atoms with van der Waals surface area (Å²) in [6.07, 6.45) is 0. The van der Waals surface area contributed by atoms with E-state index in [0.717, 1.165) is 16.9 Å². The summed E-state index contributed by atoms with van der Waals surface area (Å²) in [6.45, 7) is 1.07. The third-order valence-electron chi connectivity index (χ3n) is 4.12. The van der Waals surface area contributed by atoms with Crippen LogP contribution in [0.5, 0.6) is 5.75 Å². The molecule has 0 heterocycles. The van der Waals surface area contributed by atoms with Gasteiger partial charge in [-0.3, -0.25) is 4.79 Å². The van der Waals surface area contributed by atoms with Crippen molar-refractivity contribution in [3.05, 3.63) is 96.1 Å². The van der Waals surface area contributed by atoms with E-state index in [1.165, 1.54) is 0 Å². The predicted molar refractivity (Wildman–Crippen MR) is 110 cm³/mol. The van der Waals surface area contributed by atoms with Crippen LogP contribution in [0.25, 0.3) is 0 Å². The maximum Gasteiger partial charge on any atom is 0.243 e. The van der Waals surface area contributed by atoms with E-state index in [-0.39, 0.29) is 12.5 Å². The Morgan fingerprint density at radius 2 is 1.39 bits per heavy atom. The van der Waals surface area contributed by atoms with E-state index in [2.05, 4.69) is 5.32 Å². The van der Waals surface area contributed by atoms with Gasteiger partial charge in [-0.15, -0.1) is 0 Å². The number of carbonyl (C=O) groups excluding carboxylic acids is 1. The van der Waals surface area contributed by atoms with Gasteiger partial charge in [-0.25, -0.2) is 0 Å². The summed E-state index contributed by atoms with van der Waals surface area (Å²) in [5, 5.41) is 2.79. The highest BCUT2D eigenvalue weighted by Gasteiger charge is 2.14. The van der Waals surface area contributed by atoms with Crippen molar-refractivity contribution in [3.8, 4) is 5.75 Å². The van der Waals surface area contributed by atoms with Crippen molar-refractivity contribution in [1.82, 2.24) is 0 Å². The average Bonchev–Trinajstić information content (AvgIpc) is 2.74. The summed E-state index contributed by atoms with van der Waals surface area (Å²) in [6, 6.07) is 26.2. The Hall–Kier alpha value is -3.15. The van der Waals surface area contributed by atoms with Gasteiger partial charge in [0.1, 0.15) is 18.4 Å². The molecule has 0 aromatic heterocycles. The normalized spacial score (nSPS) is 11.6. The van der Waals surface area contributed by atoms with Crippen LogP contribution >= 0.6 is 0 Å². The van der Waals surface area contributed by atoms with Crippen LogP contribution < -0.4 is 15.8 Å². The minimum Gasteiger partial charge on any atom is -0.489 e. The number of ether oxygens (including phenoxy) is 2. The van der Waals surface area contributed by atoms with Gasteiger partial charge in [0, 0.05) is 5.69 Å². The van der Waals surface area contributed by atoms with Crippen LogP contribution in [0, 0.1) is 0 Å². The summed E-state index contributed by atoms with van der Waals surface area (Å²) in [4.78, 5) is 12.2. The monoisotopic (exact) mass is 376 g/mol. The minimum atomic E-state index is -0.738. The lowest BCUT2D eigenvalue weighted by molar-refractivity contribution is -0.118. The molecule has 144 valence electrons. The number of nitrogens with two attached hydrogens (primary N) is 1. The molecule has 5 heteroatoms. The first kappa shape index (κ1) is 19.6. The molecule has 1 atom stereocenters. The maximum absolute atomic E-state index is 12.2. The largest absolute Gasteiger partial charge is 0.489 e. The molecule has 1 amide bonds. The van der Waals surface area contributed by atoms with E-state index in [4.69, 9.17) is 15.2 Å². The van der Waals surface area contributed by atoms with Crippen molar-refractivity contribution < 1.29 is 14.3 Å². The third-order valence-corrected chi connectivity index (χ3v) is 4.12. The zero-order valence-corrected chi connectivity index (χ0v) is 15.6. The van der Waals surface area contributed by atoms with Crippen LogP contribution in [0.4, 0.5) is 5.69 Å². The topological polar surface area (TPSA) is 73.6 Å². The lowest BCUT2D eigenvalue weighted by atomic mass is 10.2. The Bertz CT molecular complexity index is 852. The van der Waals surface area contributed by atoms with Crippen LogP contribution in [0.1, 0.15) is 11.1 Å². The fraction of sp³-hybridized carbons (Fsp3) is 0.174. The van der Waals surface area contributed by atoms with Gasteiger partial charge in [0.2, 0.25) is 5.91 Å². The van der Waals surface area contributed by atoms with Crippen molar-refractivity contribution in [2.45, 2.75) is 19.3 Å². The molecule has 0 spiro atoms. The Balaban J connectivity index is 1.41. The molecule has 0 aliphatic rings. The highest BCUT2D eigenvalue weighted by Crippen LogP contribution is 2.17. The first-order valence-electron chi connectivity index (χ1n) is 9.15. The molecule has 3 aromatic carbocycles. The van der Waals surface area contributed by atoms with Crippen LogP contribution in [-0.2, 0) is 22.7 Å². The standard InChI is InChI=1S/C23H24N2O3/c24-22(17-27-15-18-7-3-1-4-8-18)23(26)25-20-11-13-21(14-12-20)28-16-19-9-5-2-6-10-19/h1-14,22H,15-17,24H2,(H,25,26)/t22-/m0/s1. The Morgan fingerprint density at radius 3 is 2.00 bits per heavy atom. The van der Waals surface area contributed by atoms with E-state index in [0.29, 0.717) is 18.9 Å². The highest BCUT2D eigenvalue weighted by atomic mass is 16.5. The Kier molecular flexibility index (Phi) is 7.18. The Morgan fingerprint density at radius 1 is 0.821 bits per heavy atom. The van der Waals surface area contributed by atoms with E-state index in [1.807, 2.05) is 72.8 Å². The second-order valence-electron chi connectivity index (χ2n) is 6.40. The fourth-order valence-electron chi connectivity index (χ4n) is 2.56. The number of carbonyl (C=O) groups is 1. The van der Waals surface area contributed by atoms with Gasteiger partial charge >= 0.3 is 0 Å². The molecule has 3 N–H and O–H groups in total. The summed E-state index contributed by atoms with van der Waals surface area (Å²) in [5.41, 5.74) is 8.71. The number of amides is 1.